The van der Waals surface area contributed by atoms with Crippen LogP contribution in [0.3, 0.4) is 0 Å². The third-order valence-corrected chi connectivity index (χ3v) is 7.62. The monoisotopic (exact) mass is 545 g/mol. The summed E-state index contributed by atoms with van der Waals surface area (Å²) in [6.45, 7) is 4.06. The van der Waals surface area contributed by atoms with Crippen LogP contribution in [0.4, 0.5) is 11.4 Å². The van der Waals surface area contributed by atoms with Crippen molar-refractivity contribution in [3.05, 3.63) is 136 Å². The summed E-state index contributed by atoms with van der Waals surface area (Å²) in [4.78, 5) is 3.62. The normalized spacial score (nSPS) is 10.6. The molecule has 6 heteroatoms. The van der Waals surface area contributed by atoms with E-state index < -0.39 is 0 Å². The van der Waals surface area contributed by atoms with Gasteiger partial charge in [-0.3, -0.25) is 0 Å². The van der Waals surface area contributed by atoms with Crippen LogP contribution in [0.15, 0.2) is 109 Å². The molecule has 5 aromatic rings. The number of nitriles is 1. The number of rotatable bonds is 11. The number of benzene rings is 4. The molecule has 40 heavy (non-hydrogen) atoms. The first-order valence-corrected chi connectivity index (χ1v) is 14.1. The number of nitrogen functional groups attached to an aromatic ring is 1. The summed E-state index contributed by atoms with van der Waals surface area (Å²) in [5.41, 5.74) is 12.1. The number of hydrogen-bond donors (Lipinski definition) is 1. The molecule has 0 aliphatic carbocycles. The zero-order valence-electron chi connectivity index (χ0n) is 22.4. The molecule has 5 nitrogen and oxygen atoms in total. The summed E-state index contributed by atoms with van der Waals surface area (Å²) < 4.78 is 12.1. The van der Waals surface area contributed by atoms with E-state index in [0.29, 0.717) is 25.3 Å². The van der Waals surface area contributed by atoms with Crippen LogP contribution in [-0.4, -0.2) is 6.61 Å². The topological polar surface area (TPSA) is 71.5 Å². The molecular weight excluding hydrogens is 514 g/mol. The summed E-state index contributed by atoms with van der Waals surface area (Å²) >= 11 is 1.75. The minimum absolute atomic E-state index is 0.629. The van der Waals surface area contributed by atoms with Crippen molar-refractivity contribution in [2.24, 2.45) is 0 Å². The zero-order chi connectivity index (χ0) is 27.7. The maximum absolute atomic E-state index is 9.16. The highest BCUT2D eigenvalue weighted by Gasteiger charge is 2.13. The van der Waals surface area contributed by atoms with Crippen LogP contribution in [0.1, 0.15) is 27.1 Å². The molecule has 0 aliphatic heterocycles. The third-order valence-electron chi connectivity index (χ3n) is 6.68. The van der Waals surface area contributed by atoms with Crippen molar-refractivity contribution in [2.45, 2.75) is 26.4 Å². The number of nitrogens with zero attached hydrogens (tertiary/aromatic N) is 2. The van der Waals surface area contributed by atoms with E-state index in [-0.39, 0.29) is 0 Å². The first-order valence-electron chi connectivity index (χ1n) is 13.2. The molecule has 2 N–H and O–H groups in total. The van der Waals surface area contributed by atoms with Crippen molar-refractivity contribution >= 4 is 22.7 Å². The van der Waals surface area contributed by atoms with Crippen LogP contribution in [0.5, 0.6) is 17.2 Å². The molecular formula is C34H31N3O2S. The van der Waals surface area contributed by atoms with Crippen LogP contribution in [0, 0.1) is 18.3 Å². The molecule has 0 bridgehead atoms. The molecule has 0 fully saturated rings. The maximum atomic E-state index is 9.16. The van der Waals surface area contributed by atoms with Crippen molar-refractivity contribution in [1.82, 2.24) is 0 Å². The Morgan fingerprint density at radius 2 is 1.50 bits per heavy atom. The molecule has 0 aliphatic rings. The molecule has 0 unspecified atom stereocenters. The van der Waals surface area contributed by atoms with Gasteiger partial charge in [0.15, 0.2) is 0 Å². The molecule has 0 atom stereocenters. The van der Waals surface area contributed by atoms with Crippen LogP contribution in [0.25, 0.3) is 0 Å². The fourth-order valence-corrected chi connectivity index (χ4v) is 5.18. The Morgan fingerprint density at radius 1 is 0.800 bits per heavy atom. The van der Waals surface area contributed by atoms with Crippen molar-refractivity contribution in [3.8, 4) is 23.3 Å². The van der Waals surface area contributed by atoms with Gasteiger partial charge in [0.2, 0.25) is 0 Å². The van der Waals surface area contributed by atoms with Gasteiger partial charge in [-0.25, -0.2) is 0 Å². The Bertz CT molecular complexity index is 1570. The lowest BCUT2D eigenvalue weighted by Gasteiger charge is -2.27. The molecule has 1 heterocycles. The fourth-order valence-electron chi connectivity index (χ4n) is 4.49. The number of anilines is 2. The van der Waals surface area contributed by atoms with Crippen molar-refractivity contribution in [3.63, 3.8) is 0 Å². The Labute approximate surface area is 239 Å². The fraction of sp³-hybridized carbons (Fsp3) is 0.147. The minimum atomic E-state index is 0.629. The van der Waals surface area contributed by atoms with E-state index >= 15 is 0 Å². The van der Waals surface area contributed by atoms with Crippen LogP contribution in [-0.2, 0) is 19.5 Å². The number of ether oxygens (including phenoxy) is 2. The molecule has 0 saturated carbocycles. The van der Waals surface area contributed by atoms with E-state index in [0.717, 1.165) is 51.7 Å². The second-order valence-electron chi connectivity index (χ2n) is 9.55. The number of nitrogens with two attached hydrogens (primary N) is 1. The number of hydrogen-bond acceptors (Lipinski definition) is 6. The van der Waals surface area contributed by atoms with Gasteiger partial charge in [-0.15, -0.1) is 11.3 Å². The van der Waals surface area contributed by atoms with Gasteiger partial charge in [0.05, 0.1) is 18.2 Å². The Morgan fingerprint density at radius 3 is 2.20 bits per heavy atom. The molecule has 0 radical (unpaired) electrons. The summed E-state index contributed by atoms with van der Waals surface area (Å²) in [5.74, 6) is 2.29. The van der Waals surface area contributed by atoms with E-state index in [1.54, 1.807) is 11.3 Å². The molecule has 1 aromatic heterocycles. The van der Waals surface area contributed by atoms with Crippen molar-refractivity contribution in [2.75, 3.05) is 17.2 Å². The quantitative estimate of drug-likeness (QED) is 0.170. The van der Waals surface area contributed by atoms with Crippen molar-refractivity contribution < 1.29 is 9.47 Å². The average molecular weight is 546 g/mol. The lowest BCUT2D eigenvalue weighted by molar-refractivity contribution is 0.321. The summed E-state index contributed by atoms with van der Waals surface area (Å²) in [6.07, 6.45) is 0.890. The van der Waals surface area contributed by atoms with Gasteiger partial charge in [-0.1, -0.05) is 42.5 Å². The van der Waals surface area contributed by atoms with Gasteiger partial charge < -0.3 is 20.1 Å². The minimum Gasteiger partial charge on any atom is -0.493 e. The highest BCUT2D eigenvalue weighted by molar-refractivity contribution is 7.09. The van der Waals surface area contributed by atoms with Gasteiger partial charge in [-0.2, -0.15) is 5.26 Å². The third kappa shape index (κ3) is 7.02. The lowest BCUT2D eigenvalue weighted by Crippen LogP contribution is -2.23. The predicted molar refractivity (Wildman–Crippen MR) is 163 cm³/mol. The van der Waals surface area contributed by atoms with E-state index in [1.807, 2.05) is 79.7 Å². The van der Waals surface area contributed by atoms with Crippen LogP contribution < -0.4 is 20.1 Å². The Kier molecular flexibility index (Phi) is 8.65. The standard InChI is InChI=1S/C34H31N3O2S/c1-25-33(36)8-3-9-34(25)37(23-27-12-10-26(22-35)11-13-27)24-28-14-16-29(17-15-28)39-31-6-2-5-30(21-31)38-19-18-32-7-4-20-40-32/h2-17,20-21H,18-19,23-24,36H2,1H3. The summed E-state index contributed by atoms with van der Waals surface area (Å²) in [7, 11) is 0. The predicted octanol–water partition coefficient (Wildman–Crippen LogP) is 8.13. The maximum Gasteiger partial charge on any atom is 0.131 e. The summed E-state index contributed by atoms with van der Waals surface area (Å²) in [6, 6.07) is 36.0. The average Bonchev–Trinajstić information content (AvgIpc) is 3.49. The van der Waals surface area contributed by atoms with Gasteiger partial charge in [0, 0.05) is 41.8 Å². The molecule has 5 rings (SSSR count). The molecule has 0 spiro atoms. The second-order valence-corrected chi connectivity index (χ2v) is 10.6. The van der Waals surface area contributed by atoms with Gasteiger partial charge in [0.25, 0.3) is 0 Å². The molecule has 0 amide bonds. The van der Waals surface area contributed by atoms with Gasteiger partial charge in [0.1, 0.15) is 17.2 Å². The van der Waals surface area contributed by atoms with Gasteiger partial charge >= 0.3 is 0 Å². The van der Waals surface area contributed by atoms with Crippen molar-refractivity contribution in [1.29, 1.82) is 5.26 Å². The van der Waals surface area contributed by atoms with E-state index in [9.17, 15) is 0 Å². The first kappa shape index (κ1) is 26.9. The molecule has 200 valence electrons. The highest BCUT2D eigenvalue weighted by Crippen LogP contribution is 2.30. The number of thiophene rings is 1. The Hall–Kier alpha value is -4.73. The zero-order valence-corrected chi connectivity index (χ0v) is 23.2. The van der Waals surface area contributed by atoms with Crippen LogP contribution in [0.2, 0.25) is 0 Å². The largest absolute Gasteiger partial charge is 0.493 e. The van der Waals surface area contributed by atoms with Crippen LogP contribution >= 0.6 is 11.3 Å². The lowest BCUT2D eigenvalue weighted by atomic mass is 10.1. The Balaban J connectivity index is 1.26. The van der Waals surface area contributed by atoms with E-state index in [4.69, 9.17) is 20.5 Å². The van der Waals surface area contributed by atoms with E-state index in [1.165, 1.54) is 4.88 Å². The highest BCUT2D eigenvalue weighted by atomic mass is 32.1. The smallest absolute Gasteiger partial charge is 0.131 e. The molecule has 0 saturated heterocycles. The van der Waals surface area contributed by atoms with E-state index in [2.05, 4.69) is 46.7 Å². The SMILES string of the molecule is Cc1c(N)cccc1N(Cc1ccc(C#N)cc1)Cc1ccc(Oc2cccc(OCCc3cccs3)c2)cc1. The second kappa shape index (κ2) is 12.9. The molecule has 4 aromatic carbocycles. The first-order chi connectivity index (χ1) is 19.6. The summed E-state index contributed by atoms with van der Waals surface area (Å²) in [5, 5.41) is 11.2. The van der Waals surface area contributed by atoms with Gasteiger partial charge in [-0.05, 0) is 83.6 Å².